The SMILES string of the molecule is O=C(CSc1cccc2ccccc12)Nc1ccc(OC(F)(F)F)cc1. The molecule has 1 N–H and O–H groups in total. The van der Waals surface area contributed by atoms with Crippen LogP contribution in [0.5, 0.6) is 5.75 Å². The standard InChI is InChI=1S/C19H14F3NO2S/c20-19(21,22)25-15-10-8-14(9-11-15)23-18(24)12-26-17-7-3-5-13-4-1-2-6-16(13)17/h1-11H,12H2,(H,23,24). The number of hydrogen-bond acceptors (Lipinski definition) is 3. The summed E-state index contributed by atoms with van der Waals surface area (Å²) in [5.41, 5.74) is 0.406. The van der Waals surface area contributed by atoms with Crippen molar-refractivity contribution in [3.05, 3.63) is 66.7 Å². The first-order valence-corrected chi connectivity index (χ1v) is 8.65. The zero-order valence-corrected chi connectivity index (χ0v) is 14.2. The molecule has 0 fully saturated rings. The number of amides is 1. The number of benzene rings is 3. The Labute approximate surface area is 152 Å². The average molecular weight is 377 g/mol. The first-order valence-electron chi connectivity index (χ1n) is 7.67. The molecule has 0 saturated heterocycles. The van der Waals surface area contributed by atoms with E-state index in [1.54, 1.807) is 0 Å². The minimum absolute atomic E-state index is 0.189. The van der Waals surface area contributed by atoms with E-state index in [4.69, 9.17) is 0 Å². The van der Waals surface area contributed by atoms with Gasteiger partial charge in [-0.05, 0) is 41.1 Å². The van der Waals surface area contributed by atoms with Crippen molar-refractivity contribution in [2.75, 3.05) is 11.1 Å². The Hall–Kier alpha value is -2.67. The number of halogens is 3. The summed E-state index contributed by atoms with van der Waals surface area (Å²) in [6, 6.07) is 18.8. The maximum atomic E-state index is 12.1. The van der Waals surface area contributed by atoms with E-state index in [0.717, 1.165) is 27.8 Å². The van der Waals surface area contributed by atoms with E-state index in [1.165, 1.54) is 23.9 Å². The second kappa shape index (κ2) is 7.70. The van der Waals surface area contributed by atoms with Gasteiger partial charge in [0.15, 0.2) is 0 Å². The van der Waals surface area contributed by atoms with Gasteiger partial charge in [-0.15, -0.1) is 24.9 Å². The van der Waals surface area contributed by atoms with Gasteiger partial charge in [-0.25, -0.2) is 0 Å². The van der Waals surface area contributed by atoms with Gasteiger partial charge in [-0.1, -0.05) is 36.4 Å². The van der Waals surface area contributed by atoms with Gasteiger partial charge in [0.2, 0.25) is 5.91 Å². The summed E-state index contributed by atoms with van der Waals surface area (Å²) >= 11 is 1.40. The molecule has 0 aliphatic heterocycles. The van der Waals surface area contributed by atoms with Gasteiger partial charge in [0.1, 0.15) is 5.75 Å². The summed E-state index contributed by atoms with van der Waals surface area (Å²) in [5, 5.41) is 4.82. The number of carbonyl (C=O) groups is 1. The van der Waals surface area contributed by atoms with Crippen molar-refractivity contribution in [3.63, 3.8) is 0 Å². The van der Waals surface area contributed by atoms with Crippen LogP contribution in [-0.2, 0) is 4.79 Å². The van der Waals surface area contributed by atoms with Crippen LogP contribution >= 0.6 is 11.8 Å². The third-order valence-corrected chi connectivity index (χ3v) is 4.55. The van der Waals surface area contributed by atoms with Gasteiger partial charge in [0, 0.05) is 10.6 Å². The highest BCUT2D eigenvalue weighted by atomic mass is 32.2. The molecule has 0 bridgehead atoms. The highest BCUT2D eigenvalue weighted by Gasteiger charge is 2.30. The van der Waals surface area contributed by atoms with Crippen molar-refractivity contribution in [3.8, 4) is 5.75 Å². The Bertz CT molecular complexity index is 905. The molecule has 134 valence electrons. The lowest BCUT2D eigenvalue weighted by Gasteiger charge is -2.10. The molecule has 3 aromatic carbocycles. The molecule has 0 atom stereocenters. The molecule has 3 rings (SSSR count). The molecular weight excluding hydrogens is 363 g/mol. The molecule has 0 aliphatic rings. The maximum Gasteiger partial charge on any atom is 0.573 e. The van der Waals surface area contributed by atoms with Crippen LogP contribution in [0.2, 0.25) is 0 Å². The number of carbonyl (C=O) groups excluding carboxylic acids is 1. The maximum absolute atomic E-state index is 12.1. The van der Waals surface area contributed by atoms with E-state index in [1.807, 2.05) is 42.5 Å². The zero-order valence-electron chi connectivity index (χ0n) is 13.4. The molecule has 0 aromatic heterocycles. The van der Waals surface area contributed by atoms with Crippen LogP contribution in [-0.4, -0.2) is 18.0 Å². The smallest absolute Gasteiger partial charge is 0.406 e. The summed E-state index contributed by atoms with van der Waals surface area (Å²) in [6.45, 7) is 0. The number of rotatable bonds is 5. The van der Waals surface area contributed by atoms with E-state index in [0.29, 0.717) is 5.69 Å². The zero-order chi connectivity index (χ0) is 18.6. The van der Waals surface area contributed by atoms with Crippen LogP contribution in [0.3, 0.4) is 0 Å². The molecule has 0 heterocycles. The number of thioether (sulfide) groups is 1. The van der Waals surface area contributed by atoms with Crippen molar-refractivity contribution in [1.82, 2.24) is 0 Å². The average Bonchev–Trinajstić information content (AvgIpc) is 2.60. The highest BCUT2D eigenvalue weighted by Crippen LogP contribution is 2.28. The number of ether oxygens (including phenoxy) is 1. The molecule has 7 heteroatoms. The van der Waals surface area contributed by atoms with Crippen molar-refractivity contribution in [2.45, 2.75) is 11.3 Å². The molecule has 0 saturated carbocycles. The van der Waals surface area contributed by atoms with Gasteiger partial charge in [-0.3, -0.25) is 4.79 Å². The second-order valence-electron chi connectivity index (χ2n) is 5.39. The topological polar surface area (TPSA) is 38.3 Å². The molecule has 26 heavy (non-hydrogen) atoms. The molecule has 3 nitrogen and oxygen atoms in total. The van der Waals surface area contributed by atoms with Gasteiger partial charge >= 0.3 is 6.36 Å². The number of fused-ring (bicyclic) bond motifs is 1. The van der Waals surface area contributed by atoms with E-state index in [9.17, 15) is 18.0 Å². The molecule has 0 unspecified atom stereocenters. The van der Waals surface area contributed by atoms with Crippen molar-refractivity contribution < 1.29 is 22.7 Å². The summed E-state index contributed by atoms with van der Waals surface area (Å²) in [6.07, 6.45) is -4.74. The molecule has 3 aromatic rings. The van der Waals surface area contributed by atoms with Crippen LogP contribution in [0.15, 0.2) is 71.6 Å². The van der Waals surface area contributed by atoms with Crippen LogP contribution < -0.4 is 10.1 Å². The Kier molecular flexibility index (Phi) is 5.37. The Balaban J connectivity index is 1.59. The van der Waals surface area contributed by atoms with E-state index in [-0.39, 0.29) is 17.4 Å². The van der Waals surface area contributed by atoms with Crippen molar-refractivity contribution in [2.24, 2.45) is 0 Å². The van der Waals surface area contributed by atoms with E-state index in [2.05, 4.69) is 10.1 Å². The van der Waals surface area contributed by atoms with Crippen molar-refractivity contribution in [1.29, 1.82) is 0 Å². The lowest BCUT2D eigenvalue weighted by molar-refractivity contribution is -0.274. The number of hydrogen-bond donors (Lipinski definition) is 1. The van der Waals surface area contributed by atoms with Crippen molar-refractivity contribution >= 4 is 34.1 Å². The van der Waals surface area contributed by atoms with Crippen LogP contribution in [0.25, 0.3) is 10.8 Å². The lowest BCUT2D eigenvalue weighted by atomic mass is 10.1. The van der Waals surface area contributed by atoms with Crippen LogP contribution in [0.1, 0.15) is 0 Å². The van der Waals surface area contributed by atoms with Crippen LogP contribution in [0.4, 0.5) is 18.9 Å². The second-order valence-corrected chi connectivity index (χ2v) is 6.40. The van der Waals surface area contributed by atoms with E-state index >= 15 is 0 Å². The quantitative estimate of drug-likeness (QED) is 0.599. The summed E-state index contributed by atoms with van der Waals surface area (Å²) in [4.78, 5) is 13.1. The Morgan fingerprint density at radius 1 is 0.962 bits per heavy atom. The number of anilines is 1. The first kappa shape index (κ1) is 18.1. The van der Waals surface area contributed by atoms with E-state index < -0.39 is 6.36 Å². The first-order chi connectivity index (χ1) is 12.4. The predicted octanol–water partition coefficient (Wildman–Crippen LogP) is 5.47. The number of alkyl halides is 3. The largest absolute Gasteiger partial charge is 0.573 e. The van der Waals surface area contributed by atoms with Gasteiger partial charge in [-0.2, -0.15) is 0 Å². The summed E-state index contributed by atoms with van der Waals surface area (Å²) in [7, 11) is 0. The Morgan fingerprint density at radius 2 is 1.65 bits per heavy atom. The Morgan fingerprint density at radius 3 is 2.38 bits per heavy atom. The summed E-state index contributed by atoms with van der Waals surface area (Å²) in [5.74, 6) is -0.387. The molecular formula is C19H14F3NO2S. The van der Waals surface area contributed by atoms with Crippen LogP contribution in [0, 0.1) is 0 Å². The molecule has 0 spiro atoms. The highest BCUT2D eigenvalue weighted by molar-refractivity contribution is 8.00. The molecule has 0 radical (unpaired) electrons. The van der Waals surface area contributed by atoms with Gasteiger partial charge < -0.3 is 10.1 Å². The fourth-order valence-corrected chi connectivity index (χ4v) is 3.28. The fraction of sp³-hybridized carbons (Fsp3) is 0.105. The molecule has 1 amide bonds. The normalized spacial score (nSPS) is 11.3. The minimum atomic E-state index is -4.74. The molecule has 0 aliphatic carbocycles. The predicted molar refractivity (Wildman–Crippen MR) is 96.4 cm³/mol. The third-order valence-electron chi connectivity index (χ3n) is 3.48. The monoisotopic (exact) mass is 377 g/mol. The fourth-order valence-electron chi connectivity index (χ4n) is 2.40. The lowest BCUT2D eigenvalue weighted by Crippen LogP contribution is -2.17. The number of nitrogens with one attached hydrogen (secondary N) is 1. The third kappa shape index (κ3) is 4.92. The minimum Gasteiger partial charge on any atom is -0.406 e. The summed E-state index contributed by atoms with van der Waals surface area (Å²) < 4.78 is 40.2. The van der Waals surface area contributed by atoms with Gasteiger partial charge in [0.25, 0.3) is 0 Å². The van der Waals surface area contributed by atoms with Gasteiger partial charge in [0.05, 0.1) is 5.75 Å².